The van der Waals surface area contributed by atoms with Gasteiger partial charge in [0.15, 0.2) is 17.3 Å². The monoisotopic (exact) mass is 632 g/mol. The molecule has 0 radical (unpaired) electrons. The molecule has 1 saturated heterocycles. The topological polar surface area (TPSA) is 124 Å². The quantitative estimate of drug-likeness (QED) is 0.255. The molecule has 1 aromatic carbocycles. The van der Waals surface area contributed by atoms with E-state index in [9.17, 15) is 23.9 Å². The Hall–Kier alpha value is -4.61. The van der Waals surface area contributed by atoms with Crippen LogP contribution in [-0.2, 0) is 4.79 Å². The fourth-order valence-corrected chi connectivity index (χ4v) is 7.42. The second kappa shape index (κ2) is 12.3. The Kier molecular flexibility index (Phi) is 8.39. The number of H-pyrrole nitrogens is 1. The van der Waals surface area contributed by atoms with E-state index in [1.807, 2.05) is 11.0 Å². The van der Waals surface area contributed by atoms with E-state index < -0.39 is 35.2 Å². The molecule has 3 aromatic heterocycles. The number of piperidine rings is 1. The lowest BCUT2D eigenvalue weighted by Gasteiger charge is -2.43. The van der Waals surface area contributed by atoms with Crippen molar-refractivity contribution < 1.29 is 23.5 Å². The molecule has 4 aromatic rings. The largest absolute Gasteiger partial charge is 0.465 e. The molecule has 6 rings (SSSR count). The summed E-state index contributed by atoms with van der Waals surface area (Å²) in [7, 11) is 0. The fourth-order valence-electron chi connectivity index (χ4n) is 7.42. The average molecular weight is 633 g/mol. The van der Waals surface area contributed by atoms with Gasteiger partial charge in [-0.3, -0.25) is 24.2 Å². The van der Waals surface area contributed by atoms with Crippen molar-refractivity contribution in [3.63, 3.8) is 0 Å². The zero-order valence-electron chi connectivity index (χ0n) is 26.1. The highest BCUT2D eigenvalue weighted by molar-refractivity contribution is 5.77. The molecular weight excluding hydrogens is 594 g/mol. The second-order valence-corrected chi connectivity index (χ2v) is 13.3. The average Bonchev–Trinajstić information content (AvgIpc) is 3.28. The second-order valence-electron chi connectivity index (χ2n) is 13.3. The first-order valence-corrected chi connectivity index (χ1v) is 15.7. The van der Waals surface area contributed by atoms with E-state index in [2.05, 4.69) is 15.0 Å². The number of benzene rings is 1. The number of likely N-dealkylation sites (tertiary alicyclic amines) is 1. The van der Waals surface area contributed by atoms with Crippen molar-refractivity contribution in [2.24, 2.45) is 0 Å². The number of halogens is 2. The van der Waals surface area contributed by atoms with Crippen LogP contribution < -0.4 is 5.69 Å². The third-order valence-electron chi connectivity index (χ3n) is 9.47. The number of imidazole rings is 1. The minimum atomic E-state index is -1.18. The minimum absolute atomic E-state index is 0.0640. The number of carbonyl (C=O) groups is 2. The molecule has 12 heteroatoms. The van der Waals surface area contributed by atoms with Crippen LogP contribution in [0.3, 0.4) is 0 Å². The summed E-state index contributed by atoms with van der Waals surface area (Å²) in [5.41, 5.74) is 1.47. The van der Waals surface area contributed by atoms with Crippen LogP contribution in [0.5, 0.6) is 0 Å². The molecule has 10 nitrogen and oxygen atoms in total. The molecule has 0 bridgehead atoms. The molecule has 1 aliphatic carbocycles. The molecule has 4 heterocycles. The van der Waals surface area contributed by atoms with Gasteiger partial charge in [-0.1, -0.05) is 18.2 Å². The third-order valence-corrected chi connectivity index (χ3v) is 9.47. The predicted molar refractivity (Wildman–Crippen MR) is 167 cm³/mol. The first-order valence-electron chi connectivity index (χ1n) is 15.7. The molecular formula is C34H38F2N6O4. The summed E-state index contributed by atoms with van der Waals surface area (Å²) in [6.45, 7) is 6.26. The SMILES string of the molecule is CC(C)(C)N(C(=O)O)[C@@H]1c2cccnc2[C@H](CC(=O)N2CCC(n3c(=O)[nH]c4ncccc43)CC2)CC[C@H]1c1cccc(F)c1F. The highest BCUT2D eigenvalue weighted by Crippen LogP contribution is 2.49. The number of rotatable bonds is 5. The maximum absolute atomic E-state index is 15.4. The number of carbonyl (C=O) groups excluding carboxylic acids is 1. The normalized spacial score (nSPS) is 20.7. The van der Waals surface area contributed by atoms with Crippen LogP contribution in [0, 0.1) is 11.6 Å². The predicted octanol–water partition coefficient (Wildman–Crippen LogP) is 6.13. The number of carboxylic acid groups (broad SMARTS) is 1. The van der Waals surface area contributed by atoms with E-state index >= 15 is 4.39 Å². The Labute approximate surface area is 265 Å². The summed E-state index contributed by atoms with van der Waals surface area (Å²) in [6.07, 6.45) is 4.17. The van der Waals surface area contributed by atoms with Gasteiger partial charge in [-0.25, -0.2) is 23.4 Å². The number of hydrogen-bond acceptors (Lipinski definition) is 5. The van der Waals surface area contributed by atoms with Crippen LogP contribution in [0.2, 0.25) is 0 Å². The molecule has 0 unspecified atom stereocenters. The van der Waals surface area contributed by atoms with Gasteiger partial charge >= 0.3 is 11.8 Å². The first kappa shape index (κ1) is 31.4. The van der Waals surface area contributed by atoms with Gasteiger partial charge in [-0.2, -0.15) is 0 Å². The minimum Gasteiger partial charge on any atom is -0.465 e. The Morgan fingerprint density at radius 2 is 1.67 bits per heavy atom. The first-order chi connectivity index (χ1) is 22.0. The van der Waals surface area contributed by atoms with E-state index in [4.69, 9.17) is 0 Å². The van der Waals surface area contributed by atoms with E-state index in [0.717, 1.165) is 11.6 Å². The molecule has 0 spiro atoms. The lowest BCUT2D eigenvalue weighted by Crippen LogP contribution is -2.49. The van der Waals surface area contributed by atoms with Gasteiger partial charge < -0.3 is 10.0 Å². The van der Waals surface area contributed by atoms with Crippen LogP contribution in [0.4, 0.5) is 13.6 Å². The van der Waals surface area contributed by atoms with Crippen molar-refractivity contribution in [2.75, 3.05) is 13.1 Å². The highest BCUT2D eigenvalue weighted by atomic mass is 19.2. The number of amides is 2. The van der Waals surface area contributed by atoms with Crippen molar-refractivity contribution in [3.05, 3.63) is 93.8 Å². The Morgan fingerprint density at radius 3 is 2.39 bits per heavy atom. The van der Waals surface area contributed by atoms with E-state index in [0.29, 0.717) is 55.7 Å². The number of hydrogen-bond donors (Lipinski definition) is 2. The van der Waals surface area contributed by atoms with Gasteiger partial charge in [0.05, 0.1) is 11.6 Å². The van der Waals surface area contributed by atoms with Gasteiger partial charge in [0.1, 0.15) is 0 Å². The van der Waals surface area contributed by atoms with Crippen molar-refractivity contribution >= 4 is 23.2 Å². The molecule has 2 amide bonds. The zero-order valence-corrected chi connectivity index (χ0v) is 26.1. The molecule has 3 atom stereocenters. The molecule has 1 fully saturated rings. The number of pyridine rings is 2. The van der Waals surface area contributed by atoms with Gasteiger partial charge in [-0.05, 0) is 81.8 Å². The Balaban J connectivity index is 1.28. The van der Waals surface area contributed by atoms with Crippen molar-refractivity contribution in [1.82, 2.24) is 29.3 Å². The maximum atomic E-state index is 15.4. The van der Waals surface area contributed by atoms with E-state index in [1.165, 1.54) is 17.0 Å². The maximum Gasteiger partial charge on any atom is 0.408 e. The summed E-state index contributed by atoms with van der Waals surface area (Å²) in [4.78, 5) is 54.2. The van der Waals surface area contributed by atoms with Crippen molar-refractivity contribution in [3.8, 4) is 0 Å². The lowest BCUT2D eigenvalue weighted by molar-refractivity contribution is -0.133. The van der Waals surface area contributed by atoms with Gasteiger partial charge in [0.2, 0.25) is 5.91 Å². The third kappa shape index (κ3) is 5.76. The number of fused-ring (bicyclic) bond motifs is 2. The van der Waals surface area contributed by atoms with Crippen LogP contribution >= 0.6 is 0 Å². The molecule has 0 saturated carbocycles. The summed E-state index contributed by atoms with van der Waals surface area (Å²) in [5, 5.41) is 10.5. The fraction of sp³-hybridized carbons (Fsp3) is 0.441. The smallest absolute Gasteiger partial charge is 0.408 e. The molecule has 46 heavy (non-hydrogen) atoms. The van der Waals surface area contributed by atoms with Gasteiger partial charge in [0, 0.05) is 61.0 Å². The van der Waals surface area contributed by atoms with E-state index in [-0.39, 0.29) is 35.5 Å². The summed E-state index contributed by atoms with van der Waals surface area (Å²) >= 11 is 0. The number of nitrogens with one attached hydrogen (secondary N) is 1. The highest BCUT2D eigenvalue weighted by Gasteiger charge is 2.44. The zero-order chi connectivity index (χ0) is 32.7. The van der Waals surface area contributed by atoms with Crippen LogP contribution in [0.15, 0.2) is 59.7 Å². The molecule has 242 valence electrons. The van der Waals surface area contributed by atoms with Crippen molar-refractivity contribution in [2.45, 2.75) is 82.3 Å². The van der Waals surface area contributed by atoms with Gasteiger partial charge in [0.25, 0.3) is 0 Å². The summed E-state index contributed by atoms with van der Waals surface area (Å²) in [6, 6.07) is 10.2. The standard InChI is InChI=1S/C34H38F2N6O4/c1-34(2,3)42(33(45)46)30-23(22-7-4-9-25(35)28(22)36)12-11-20(29-24(30)8-5-15-37-29)19-27(43)40-17-13-21(14-18-40)41-26-10-6-16-38-31(26)39-32(41)44/h4-10,15-16,20-21,23,30H,11-14,17-19H2,1-3H3,(H,45,46)(H,38,39,44)/t20-,23-,30-/m0/s1. The van der Waals surface area contributed by atoms with Gasteiger partial charge in [-0.15, -0.1) is 0 Å². The Bertz CT molecular complexity index is 1820. The van der Waals surface area contributed by atoms with E-state index in [1.54, 1.807) is 55.9 Å². The van der Waals surface area contributed by atoms with Crippen LogP contribution in [-0.4, -0.2) is 65.1 Å². The number of aromatic amines is 1. The Morgan fingerprint density at radius 1 is 0.978 bits per heavy atom. The summed E-state index contributed by atoms with van der Waals surface area (Å²) in [5.74, 6) is -3.13. The molecule has 2 aliphatic rings. The number of nitrogens with zero attached hydrogens (tertiary/aromatic N) is 5. The number of aromatic nitrogens is 4. The molecule has 2 N–H and O–H groups in total. The lowest BCUT2D eigenvalue weighted by atomic mass is 9.82. The van der Waals surface area contributed by atoms with Crippen molar-refractivity contribution in [1.29, 1.82) is 0 Å². The van der Waals surface area contributed by atoms with Crippen LogP contribution in [0.25, 0.3) is 11.2 Å². The molecule has 1 aliphatic heterocycles. The summed E-state index contributed by atoms with van der Waals surface area (Å²) < 4.78 is 31.6. The van der Waals surface area contributed by atoms with Crippen LogP contribution in [0.1, 0.15) is 93.6 Å².